The van der Waals surface area contributed by atoms with E-state index in [1.54, 1.807) is 11.8 Å². The molecule has 0 aliphatic carbocycles. The number of nitrogens with zero attached hydrogens (tertiary/aromatic N) is 1. The maximum Gasteiger partial charge on any atom is 0.320 e. The number of hydrogen-bond donors (Lipinski definition) is 1. The van der Waals surface area contributed by atoms with E-state index in [9.17, 15) is 9.59 Å². The summed E-state index contributed by atoms with van der Waals surface area (Å²) in [4.78, 5) is 26.7. The van der Waals surface area contributed by atoms with Crippen LogP contribution in [-0.4, -0.2) is 36.5 Å². The molecule has 31 heavy (non-hydrogen) atoms. The Hall–Kier alpha value is -3.44. The van der Waals surface area contributed by atoms with Crippen molar-refractivity contribution in [3.63, 3.8) is 0 Å². The van der Waals surface area contributed by atoms with Crippen LogP contribution in [0.2, 0.25) is 0 Å². The van der Waals surface area contributed by atoms with Crippen LogP contribution in [0, 0.1) is 0 Å². The molecule has 3 aromatic rings. The third-order valence-electron chi connectivity index (χ3n) is 4.80. The third kappa shape index (κ3) is 7.39. The van der Waals surface area contributed by atoms with Gasteiger partial charge in [0.15, 0.2) is 0 Å². The normalized spacial score (nSPS) is 10.6. The zero-order valence-corrected chi connectivity index (χ0v) is 17.8. The van der Waals surface area contributed by atoms with Gasteiger partial charge in [0.25, 0.3) is 0 Å². The number of carbonyl (C=O) groups excluding carboxylic acids is 2. The van der Waals surface area contributed by atoms with Crippen molar-refractivity contribution in [2.45, 2.75) is 19.9 Å². The Bertz CT molecular complexity index is 974. The average Bonchev–Trinajstić information content (AvgIpc) is 2.76. The Morgan fingerprint density at radius 2 is 1.42 bits per heavy atom. The lowest BCUT2D eigenvalue weighted by Gasteiger charge is -2.21. The first kappa shape index (κ1) is 22.2. The Kier molecular flexibility index (Phi) is 8.38. The number of para-hydroxylation sites is 1. The summed E-state index contributed by atoms with van der Waals surface area (Å²) < 4.78 is 5.08. The highest BCUT2D eigenvalue weighted by molar-refractivity contribution is 5.93. The third-order valence-corrected chi connectivity index (χ3v) is 4.80. The van der Waals surface area contributed by atoms with Crippen LogP contribution >= 0.6 is 0 Å². The second-order valence-corrected chi connectivity index (χ2v) is 7.30. The zero-order chi connectivity index (χ0) is 21.9. The molecule has 0 heterocycles. The first-order valence-corrected chi connectivity index (χ1v) is 10.5. The molecule has 0 aromatic heterocycles. The molecule has 0 atom stereocenters. The van der Waals surface area contributed by atoms with Crippen molar-refractivity contribution in [1.29, 1.82) is 0 Å². The molecule has 3 aromatic carbocycles. The highest BCUT2D eigenvalue weighted by Gasteiger charge is 2.17. The Labute approximate surface area is 183 Å². The van der Waals surface area contributed by atoms with E-state index < -0.39 is 0 Å². The fourth-order valence-corrected chi connectivity index (χ4v) is 3.40. The molecular weight excluding hydrogens is 388 g/mol. The predicted molar refractivity (Wildman–Crippen MR) is 123 cm³/mol. The molecular formula is C26H28N2O3. The average molecular weight is 417 g/mol. The second kappa shape index (κ2) is 11.7. The molecule has 0 fully saturated rings. The van der Waals surface area contributed by atoms with Gasteiger partial charge in [-0.15, -0.1) is 0 Å². The monoisotopic (exact) mass is 416 g/mol. The molecule has 0 bridgehead atoms. The molecule has 0 spiro atoms. The van der Waals surface area contributed by atoms with Gasteiger partial charge >= 0.3 is 5.97 Å². The molecule has 0 radical (unpaired) electrons. The summed E-state index contributed by atoms with van der Waals surface area (Å²) in [6.07, 6.45) is 0.730. The lowest BCUT2D eigenvalue weighted by molar-refractivity contribution is -0.144. The van der Waals surface area contributed by atoms with Crippen LogP contribution in [0.25, 0.3) is 0 Å². The van der Waals surface area contributed by atoms with Gasteiger partial charge in [-0.05, 0) is 36.1 Å². The fraction of sp³-hybridized carbons (Fsp3) is 0.231. The van der Waals surface area contributed by atoms with Gasteiger partial charge in [0.1, 0.15) is 0 Å². The van der Waals surface area contributed by atoms with Crippen LogP contribution in [-0.2, 0) is 27.3 Å². The van der Waals surface area contributed by atoms with E-state index in [4.69, 9.17) is 4.74 Å². The standard InChI is InChI=1S/C26H28N2O3/c1-2-31-26(30)20-28(18-22-13-7-4-8-14-22)19-25(29)27-24-16-10-9-15-23(24)17-21-11-5-3-6-12-21/h3-16H,2,17-20H2,1H3,(H,27,29). The van der Waals surface area contributed by atoms with Gasteiger partial charge < -0.3 is 10.1 Å². The maximum atomic E-state index is 12.9. The first-order valence-electron chi connectivity index (χ1n) is 10.5. The molecule has 1 N–H and O–H groups in total. The molecule has 0 unspecified atom stereocenters. The molecule has 0 saturated carbocycles. The molecule has 5 nitrogen and oxygen atoms in total. The summed E-state index contributed by atoms with van der Waals surface area (Å²) in [7, 11) is 0. The fourth-order valence-electron chi connectivity index (χ4n) is 3.40. The lowest BCUT2D eigenvalue weighted by Crippen LogP contribution is -2.37. The van der Waals surface area contributed by atoms with Crippen LogP contribution in [0.1, 0.15) is 23.6 Å². The van der Waals surface area contributed by atoms with E-state index in [1.165, 1.54) is 5.56 Å². The van der Waals surface area contributed by atoms with E-state index in [0.717, 1.165) is 23.2 Å². The molecule has 1 amide bonds. The van der Waals surface area contributed by atoms with Gasteiger partial charge in [-0.2, -0.15) is 0 Å². The van der Waals surface area contributed by atoms with E-state index in [1.807, 2.05) is 72.8 Å². The molecule has 5 heteroatoms. The van der Waals surface area contributed by atoms with Crippen LogP contribution in [0.3, 0.4) is 0 Å². The van der Waals surface area contributed by atoms with Gasteiger partial charge in [0.05, 0.1) is 19.7 Å². The zero-order valence-electron chi connectivity index (χ0n) is 17.8. The van der Waals surface area contributed by atoms with Crippen LogP contribution in [0.5, 0.6) is 0 Å². The van der Waals surface area contributed by atoms with Crippen LogP contribution in [0.4, 0.5) is 5.69 Å². The summed E-state index contributed by atoms with van der Waals surface area (Å²) in [6, 6.07) is 27.7. The summed E-state index contributed by atoms with van der Waals surface area (Å²) >= 11 is 0. The van der Waals surface area contributed by atoms with E-state index in [-0.39, 0.29) is 25.0 Å². The van der Waals surface area contributed by atoms with E-state index in [2.05, 4.69) is 17.4 Å². The van der Waals surface area contributed by atoms with E-state index >= 15 is 0 Å². The largest absolute Gasteiger partial charge is 0.465 e. The van der Waals surface area contributed by atoms with Crippen LogP contribution in [0.15, 0.2) is 84.9 Å². The Balaban J connectivity index is 1.68. The van der Waals surface area contributed by atoms with Crippen molar-refractivity contribution in [2.24, 2.45) is 0 Å². The minimum Gasteiger partial charge on any atom is -0.465 e. The Morgan fingerprint density at radius 3 is 2.10 bits per heavy atom. The SMILES string of the molecule is CCOC(=O)CN(CC(=O)Nc1ccccc1Cc1ccccc1)Cc1ccccc1. The van der Waals surface area contributed by atoms with Crippen LogP contribution < -0.4 is 5.32 Å². The number of nitrogens with one attached hydrogen (secondary N) is 1. The van der Waals surface area contributed by atoms with E-state index in [0.29, 0.717) is 13.2 Å². The number of benzene rings is 3. The van der Waals surface area contributed by atoms with Crippen molar-refractivity contribution >= 4 is 17.6 Å². The molecule has 0 saturated heterocycles. The number of esters is 1. The molecule has 3 rings (SSSR count). The highest BCUT2D eigenvalue weighted by atomic mass is 16.5. The maximum absolute atomic E-state index is 12.9. The quantitative estimate of drug-likeness (QED) is 0.501. The lowest BCUT2D eigenvalue weighted by atomic mass is 10.0. The minimum atomic E-state index is -0.337. The number of amides is 1. The van der Waals surface area contributed by atoms with Gasteiger partial charge in [-0.3, -0.25) is 14.5 Å². The smallest absolute Gasteiger partial charge is 0.320 e. The second-order valence-electron chi connectivity index (χ2n) is 7.30. The highest BCUT2D eigenvalue weighted by Crippen LogP contribution is 2.19. The van der Waals surface area contributed by atoms with Gasteiger partial charge in [0.2, 0.25) is 5.91 Å². The number of rotatable bonds is 10. The number of anilines is 1. The number of carbonyl (C=O) groups is 2. The summed E-state index contributed by atoms with van der Waals surface area (Å²) in [5, 5.41) is 3.02. The van der Waals surface area contributed by atoms with Gasteiger partial charge in [0, 0.05) is 12.2 Å². The number of ether oxygens (including phenoxy) is 1. The number of hydrogen-bond acceptors (Lipinski definition) is 4. The van der Waals surface area contributed by atoms with Gasteiger partial charge in [-0.25, -0.2) is 0 Å². The Morgan fingerprint density at radius 1 is 0.806 bits per heavy atom. The minimum absolute atomic E-state index is 0.0574. The topological polar surface area (TPSA) is 58.6 Å². The molecule has 0 aliphatic heterocycles. The summed E-state index contributed by atoms with van der Waals surface area (Å²) in [6.45, 7) is 2.72. The first-order chi connectivity index (χ1) is 15.1. The summed E-state index contributed by atoms with van der Waals surface area (Å²) in [5.41, 5.74) is 4.04. The molecule has 0 aliphatic rings. The van der Waals surface area contributed by atoms with Crippen molar-refractivity contribution in [3.8, 4) is 0 Å². The molecule has 160 valence electrons. The predicted octanol–water partition coefficient (Wildman–Crippen LogP) is 4.28. The van der Waals surface area contributed by atoms with Gasteiger partial charge in [-0.1, -0.05) is 78.9 Å². The van der Waals surface area contributed by atoms with Crippen molar-refractivity contribution in [3.05, 3.63) is 102 Å². The van der Waals surface area contributed by atoms with Crippen molar-refractivity contribution in [2.75, 3.05) is 25.0 Å². The summed E-state index contributed by atoms with van der Waals surface area (Å²) in [5.74, 6) is -0.503. The van der Waals surface area contributed by atoms with Crippen molar-refractivity contribution in [1.82, 2.24) is 4.90 Å². The van der Waals surface area contributed by atoms with Crippen molar-refractivity contribution < 1.29 is 14.3 Å².